The van der Waals surface area contributed by atoms with Gasteiger partial charge in [-0.05, 0) is 62.1 Å². The number of hydrogen-bond donors (Lipinski definition) is 2. The van der Waals surface area contributed by atoms with Crippen molar-refractivity contribution >= 4 is 27.8 Å². The molecule has 1 aromatic carbocycles. The van der Waals surface area contributed by atoms with Gasteiger partial charge in [0.1, 0.15) is 5.69 Å². The molecule has 37 heavy (non-hydrogen) atoms. The third kappa shape index (κ3) is 9.93. The molecular formula is C26H35N3O7S. The normalized spacial score (nSPS) is 12.0. The molecule has 2 amide bonds. The lowest BCUT2D eigenvalue weighted by molar-refractivity contribution is 0.0435. The SMILES string of the molecule is CCCCC(C)COC(=O)c1ccc(C(=O)NS(=O)(=O)c2ccc(C(=O)NCCCOCC)cc2)cn1. The highest BCUT2D eigenvalue weighted by Gasteiger charge is 2.20. The van der Waals surface area contributed by atoms with Crippen LogP contribution >= 0.6 is 0 Å². The zero-order valence-electron chi connectivity index (χ0n) is 21.5. The number of unbranched alkanes of at least 4 members (excludes halogenated alkanes) is 1. The number of hydrogen-bond acceptors (Lipinski definition) is 8. The molecule has 0 fully saturated rings. The fourth-order valence-electron chi connectivity index (χ4n) is 3.22. The van der Waals surface area contributed by atoms with Crippen molar-refractivity contribution in [1.29, 1.82) is 0 Å². The lowest BCUT2D eigenvalue weighted by atomic mass is 10.1. The van der Waals surface area contributed by atoms with Crippen LogP contribution in [-0.4, -0.2) is 57.6 Å². The van der Waals surface area contributed by atoms with Crippen LogP contribution in [-0.2, 0) is 19.5 Å². The van der Waals surface area contributed by atoms with Crippen LogP contribution in [0.4, 0.5) is 0 Å². The number of pyridine rings is 1. The third-order valence-corrected chi connectivity index (χ3v) is 6.74. The average Bonchev–Trinajstić information content (AvgIpc) is 2.90. The Labute approximate surface area is 218 Å². The summed E-state index contributed by atoms with van der Waals surface area (Å²) in [6.45, 7) is 7.82. The highest BCUT2D eigenvalue weighted by Crippen LogP contribution is 2.13. The van der Waals surface area contributed by atoms with Crippen molar-refractivity contribution in [1.82, 2.24) is 15.0 Å². The minimum atomic E-state index is -4.20. The molecule has 202 valence electrons. The summed E-state index contributed by atoms with van der Waals surface area (Å²) < 4.78 is 37.7. The molecule has 2 N–H and O–H groups in total. The molecule has 1 atom stereocenters. The van der Waals surface area contributed by atoms with E-state index in [4.69, 9.17) is 9.47 Å². The zero-order valence-corrected chi connectivity index (χ0v) is 22.3. The van der Waals surface area contributed by atoms with E-state index < -0.39 is 21.9 Å². The van der Waals surface area contributed by atoms with Gasteiger partial charge in [-0.15, -0.1) is 0 Å². The molecule has 0 radical (unpaired) electrons. The number of aromatic nitrogens is 1. The monoisotopic (exact) mass is 533 g/mol. The molecule has 0 saturated carbocycles. The van der Waals surface area contributed by atoms with Gasteiger partial charge in [0.25, 0.3) is 21.8 Å². The Hall–Kier alpha value is -3.31. The fourth-order valence-corrected chi connectivity index (χ4v) is 4.20. The zero-order chi connectivity index (χ0) is 27.3. The maximum absolute atomic E-state index is 12.6. The lowest BCUT2D eigenvalue weighted by Crippen LogP contribution is -2.31. The van der Waals surface area contributed by atoms with Crippen molar-refractivity contribution in [2.24, 2.45) is 5.92 Å². The predicted molar refractivity (Wildman–Crippen MR) is 138 cm³/mol. The highest BCUT2D eigenvalue weighted by molar-refractivity contribution is 7.90. The summed E-state index contributed by atoms with van der Waals surface area (Å²) in [5.74, 6) is -1.63. The molecule has 1 aromatic heterocycles. The number of amides is 2. The minimum Gasteiger partial charge on any atom is -0.461 e. The molecule has 11 heteroatoms. The Balaban J connectivity index is 1.92. The maximum atomic E-state index is 12.6. The van der Waals surface area contributed by atoms with Crippen molar-refractivity contribution in [2.75, 3.05) is 26.4 Å². The lowest BCUT2D eigenvalue weighted by Gasteiger charge is -2.11. The number of esters is 1. The van der Waals surface area contributed by atoms with E-state index in [2.05, 4.69) is 17.2 Å². The van der Waals surface area contributed by atoms with Crippen LogP contribution in [0.25, 0.3) is 0 Å². The van der Waals surface area contributed by atoms with Gasteiger partial charge >= 0.3 is 5.97 Å². The van der Waals surface area contributed by atoms with Crippen LogP contribution in [0.5, 0.6) is 0 Å². The van der Waals surface area contributed by atoms with Gasteiger partial charge in [0.15, 0.2) is 0 Å². The summed E-state index contributed by atoms with van der Waals surface area (Å²) in [7, 11) is -4.20. The molecule has 0 aliphatic heterocycles. The third-order valence-electron chi connectivity index (χ3n) is 5.39. The predicted octanol–water partition coefficient (Wildman–Crippen LogP) is 3.34. The van der Waals surface area contributed by atoms with Crippen molar-refractivity contribution < 1.29 is 32.3 Å². The van der Waals surface area contributed by atoms with E-state index in [0.717, 1.165) is 25.5 Å². The first-order chi connectivity index (χ1) is 17.7. The fraction of sp³-hybridized carbons (Fsp3) is 0.462. The van der Waals surface area contributed by atoms with Gasteiger partial charge in [-0.25, -0.2) is 22.9 Å². The minimum absolute atomic E-state index is 0.0221. The van der Waals surface area contributed by atoms with Crippen molar-refractivity contribution in [3.63, 3.8) is 0 Å². The summed E-state index contributed by atoms with van der Waals surface area (Å²) in [5, 5.41) is 2.73. The van der Waals surface area contributed by atoms with Gasteiger partial charge in [-0.1, -0.05) is 26.7 Å². The maximum Gasteiger partial charge on any atom is 0.356 e. The van der Waals surface area contributed by atoms with E-state index >= 15 is 0 Å². The molecule has 0 saturated heterocycles. The standard InChI is InChI=1S/C26H35N3O7S/c1-4-6-8-19(3)18-36-26(32)23-14-11-21(17-28-23)25(31)29-37(33,34)22-12-9-20(10-13-22)24(30)27-15-7-16-35-5-2/h9-14,17,19H,4-8,15-16,18H2,1-3H3,(H,27,30)(H,29,31). The number of nitrogens with one attached hydrogen (secondary N) is 2. The number of rotatable bonds is 15. The summed E-state index contributed by atoms with van der Waals surface area (Å²) in [6, 6.07) is 7.81. The van der Waals surface area contributed by atoms with E-state index in [1.807, 2.05) is 18.6 Å². The van der Waals surface area contributed by atoms with E-state index in [1.54, 1.807) is 0 Å². The number of carbonyl (C=O) groups excluding carboxylic acids is 3. The second-order valence-electron chi connectivity index (χ2n) is 8.54. The van der Waals surface area contributed by atoms with Gasteiger partial charge in [-0.2, -0.15) is 0 Å². The Morgan fingerprint density at radius 1 is 0.973 bits per heavy atom. The van der Waals surface area contributed by atoms with Crippen LogP contribution in [0.1, 0.15) is 77.7 Å². The largest absolute Gasteiger partial charge is 0.461 e. The Kier molecular flexibility index (Phi) is 12.2. The second kappa shape index (κ2) is 15.1. The van der Waals surface area contributed by atoms with Crippen molar-refractivity contribution in [3.05, 3.63) is 59.4 Å². The first kappa shape index (κ1) is 29.9. The summed E-state index contributed by atoms with van der Waals surface area (Å²) >= 11 is 0. The quantitative estimate of drug-likeness (QED) is 0.262. The first-order valence-corrected chi connectivity index (χ1v) is 13.8. The van der Waals surface area contributed by atoms with Crippen LogP contribution < -0.4 is 10.0 Å². The van der Waals surface area contributed by atoms with Gasteiger partial charge in [0.05, 0.1) is 17.1 Å². The average molecular weight is 534 g/mol. The van der Waals surface area contributed by atoms with Gasteiger partial charge in [-0.3, -0.25) is 9.59 Å². The van der Waals surface area contributed by atoms with Crippen molar-refractivity contribution in [2.45, 2.75) is 51.3 Å². The summed E-state index contributed by atoms with van der Waals surface area (Å²) in [5.41, 5.74) is 0.265. The Morgan fingerprint density at radius 3 is 2.30 bits per heavy atom. The molecule has 1 unspecified atom stereocenters. The molecule has 0 bridgehead atoms. The number of sulfonamides is 1. The smallest absolute Gasteiger partial charge is 0.356 e. The molecule has 1 heterocycles. The topological polar surface area (TPSA) is 141 Å². The molecule has 0 aliphatic rings. The van der Waals surface area contributed by atoms with Crippen LogP contribution in [0.2, 0.25) is 0 Å². The Morgan fingerprint density at radius 2 is 1.68 bits per heavy atom. The number of benzene rings is 1. The number of nitrogens with zero attached hydrogens (tertiary/aromatic N) is 1. The summed E-state index contributed by atoms with van der Waals surface area (Å²) in [4.78, 5) is 40.6. The molecule has 2 aromatic rings. The van der Waals surface area contributed by atoms with Gasteiger partial charge < -0.3 is 14.8 Å². The van der Waals surface area contributed by atoms with Crippen molar-refractivity contribution in [3.8, 4) is 0 Å². The number of carbonyl (C=O) groups is 3. The first-order valence-electron chi connectivity index (χ1n) is 12.3. The molecule has 2 rings (SSSR count). The van der Waals surface area contributed by atoms with Gasteiger partial charge in [0, 0.05) is 31.5 Å². The van der Waals surface area contributed by atoms with E-state index in [0.29, 0.717) is 26.2 Å². The highest BCUT2D eigenvalue weighted by atomic mass is 32.2. The number of ether oxygens (including phenoxy) is 2. The van der Waals surface area contributed by atoms with Crippen LogP contribution in [0.15, 0.2) is 47.5 Å². The van der Waals surface area contributed by atoms with E-state index in [1.165, 1.54) is 36.4 Å². The van der Waals surface area contributed by atoms with Gasteiger partial charge in [0.2, 0.25) is 0 Å². The Bertz CT molecular complexity index is 1130. The van der Waals surface area contributed by atoms with Crippen LogP contribution in [0, 0.1) is 5.92 Å². The van der Waals surface area contributed by atoms with E-state index in [-0.39, 0.29) is 40.1 Å². The molecule has 10 nitrogen and oxygen atoms in total. The van der Waals surface area contributed by atoms with Crippen LogP contribution in [0.3, 0.4) is 0 Å². The summed E-state index contributed by atoms with van der Waals surface area (Å²) in [6.07, 6.45) is 4.85. The van der Waals surface area contributed by atoms with E-state index in [9.17, 15) is 22.8 Å². The molecule has 0 spiro atoms. The second-order valence-corrected chi connectivity index (χ2v) is 10.2. The molecular weight excluding hydrogens is 498 g/mol. The molecule has 0 aliphatic carbocycles.